The Kier molecular flexibility index (Phi) is 8.04. The van der Waals surface area contributed by atoms with Gasteiger partial charge < -0.3 is 25.0 Å². The molecule has 6 nitrogen and oxygen atoms in total. The minimum absolute atomic E-state index is 0.384. The summed E-state index contributed by atoms with van der Waals surface area (Å²) in [6.45, 7) is 5.57. The highest BCUT2D eigenvalue weighted by atomic mass is 32.1. The summed E-state index contributed by atoms with van der Waals surface area (Å²) in [5.74, 6) is 0.908. The van der Waals surface area contributed by atoms with Gasteiger partial charge in [-0.1, -0.05) is 0 Å². The number of nitrogens with zero attached hydrogens (tertiary/aromatic N) is 2. The van der Waals surface area contributed by atoms with Crippen LogP contribution in [0.25, 0.3) is 0 Å². The minimum Gasteiger partial charge on any atom is -0.381 e. The summed E-state index contributed by atoms with van der Waals surface area (Å²) in [6, 6.07) is 4.83. The molecule has 3 heterocycles. The first-order valence-corrected chi connectivity index (χ1v) is 10.7. The second-order valence-corrected chi connectivity index (χ2v) is 7.82. The molecule has 2 aliphatic heterocycles. The molecule has 146 valence electrons. The Labute approximate surface area is 161 Å². The van der Waals surface area contributed by atoms with Crippen LogP contribution >= 0.6 is 11.3 Å². The predicted molar refractivity (Wildman–Crippen MR) is 108 cm³/mol. The van der Waals surface area contributed by atoms with E-state index in [-0.39, 0.29) is 0 Å². The molecule has 1 aromatic rings. The van der Waals surface area contributed by atoms with Gasteiger partial charge in [0.2, 0.25) is 0 Å². The van der Waals surface area contributed by atoms with Crippen LogP contribution in [-0.2, 0) is 9.47 Å². The molecule has 0 saturated carbocycles. The molecule has 26 heavy (non-hydrogen) atoms. The Morgan fingerprint density at radius 2 is 2.12 bits per heavy atom. The molecule has 2 aliphatic rings. The molecule has 2 N–H and O–H groups in total. The molecule has 3 rings (SSSR count). The highest BCUT2D eigenvalue weighted by Crippen LogP contribution is 2.24. The number of thiophene rings is 1. The zero-order valence-electron chi connectivity index (χ0n) is 15.8. The molecular formula is C19H32N4O2S. The van der Waals surface area contributed by atoms with E-state index in [1.54, 1.807) is 0 Å². The van der Waals surface area contributed by atoms with Crippen LogP contribution in [0.4, 0.5) is 5.00 Å². The highest BCUT2D eigenvalue weighted by molar-refractivity contribution is 7.14. The molecule has 0 aromatic carbocycles. The van der Waals surface area contributed by atoms with Gasteiger partial charge in [0.15, 0.2) is 5.96 Å². The Balaban J connectivity index is 1.27. The monoisotopic (exact) mass is 380 g/mol. The molecule has 0 radical (unpaired) electrons. The lowest BCUT2D eigenvalue weighted by Gasteiger charge is -2.33. The minimum atomic E-state index is 0.384. The van der Waals surface area contributed by atoms with Crippen LogP contribution in [0, 0.1) is 0 Å². The summed E-state index contributed by atoms with van der Waals surface area (Å²) < 4.78 is 11.3. The quantitative estimate of drug-likeness (QED) is 0.432. The van der Waals surface area contributed by atoms with Crippen LogP contribution < -0.4 is 15.5 Å². The number of guanidine groups is 1. The summed E-state index contributed by atoms with van der Waals surface area (Å²) in [4.78, 5) is 6.84. The van der Waals surface area contributed by atoms with Crippen LogP contribution in [0.1, 0.15) is 32.1 Å². The summed E-state index contributed by atoms with van der Waals surface area (Å²) in [6.07, 6.45) is 5.72. The molecule has 7 heteroatoms. The molecule has 0 atom stereocenters. The fourth-order valence-corrected chi connectivity index (χ4v) is 4.24. The van der Waals surface area contributed by atoms with E-state index in [9.17, 15) is 0 Å². The van der Waals surface area contributed by atoms with Gasteiger partial charge in [-0.3, -0.25) is 4.99 Å². The van der Waals surface area contributed by atoms with E-state index in [1.807, 2.05) is 18.4 Å². The molecule has 1 aromatic heterocycles. The first-order chi connectivity index (χ1) is 12.8. The van der Waals surface area contributed by atoms with Crippen molar-refractivity contribution in [2.75, 3.05) is 51.4 Å². The first-order valence-electron chi connectivity index (χ1n) is 9.80. The fraction of sp³-hybridized carbons (Fsp3) is 0.737. The van der Waals surface area contributed by atoms with E-state index in [0.29, 0.717) is 12.1 Å². The average Bonchev–Trinajstić information content (AvgIpc) is 3.23. The van der Waals surface area contributed by atoms with Crippen molar-refractivity contribution in [3.63, 3.8) is 0 Å². The van der Waals surface area contributed by atoms with Crippen molar-refractivity contribution in [1.82, 2.24) is 10.6 Å². The number of ether oxygens (including phenoxy) is 2. The molecule has 2 saturated heterocycles. The smallest absolute Gasteiger partial charge is 0.191 e. The summed E-state index contributed by atoms with van der Waals surface area (Å²) in [7, 11) is 1.84. The Morgan fingerprint density at radius 3 is 2.81 bits per heavy atom. The number of hydrogen-bond acceptors (Lipinski definition) is 5. The number of anilines is 1. The maximum absolute atomic E-state index is 5.91. The van der Waals surface area contributed by atoms with Gasteiger partial charge in [0, 0.05) is 52.5 Å². The van der Waals surface area contributed by atoms with Crippen LogP contribution in [0.15, 0.2) is 22.5 Å². The number of piperidine rings is 1. The van der Waals surface area contributed by atoms with Crippen molar-refractivity contribution in [2.45, 2.75) is 44.2 Å². The molecule has 0 unspecified atom stereocenters. The van der Waals surface area contributed by atoms with E-state index in [2.05, 4.69) is 38.0 Å². The third-order valence-corrected chi connectivity index (χ3v) is 5.94. The lowest BCUT2D eigenvalue weighted by atomic mass is 10.1. The standard InChI is InChI=1S/C19H32N4O2S/c1-20-19(21-9-3-12-25-17-7-13-24-14-8-17)22-16-5-10-23(11-6-16)18-4-2-15-26-18/h2,4,15-17H,3,5-14H2,1H3,(H2,20,21,22). The molecule has 0 bridgehead atoms. The number of rotatable bonds is 7. The zero-order valence-corrected chi connectivity index (χ0v) is 16.6. The van der Waals surface area contributed by atoms with Gasteiger partial charge in [-0.2, -0.15) is 0 Å². The molecular weight excluding hydrogens is 348 g/mol. The van der Waals surface area contributed by atoms with Crippen molar-refractivity contribution >= 4 is 22.3 Å². The maximum Gasteiger partial charge on any atom is 0.191 e. The molecule has 0 aliphatic carbocycles. The normalized spacial score (nSPS) is 20.3. The van der Waals surface area contributed by atoms with E-state index in [4.69, 9.17) is 9.47 Å². The second-order valence-electron chi connectivity index (χ2n) is 6.89. The fourth-order valence-electron chi connectivity index (χ4n) is 3.45. The number of nitrogens with one attached hydrogen (secondary N) is 2. The van der Waals surface area contributed by atoms with Crippen molar-refractivity contribution in [3.05, 3.63) is 17.5 Å². The van der Waals surface area contributed by atoms with Crippen LogP contribution in [0.2, 0.25) is 0 Å². The molecule has 0 spiro atoms. The van der Waals surface area contributed by atoms with Crippen LogP contribution in [0.3, 0.4) is 0 Å². The summed E-state index contributed by atoms with van der Waals surface area (Å²) >= 11 is 1.83. The maximum atomic E-state index is 5.91. The van der Waals surface area contributed by atoms with Crippen molar-refractivity contribution < 1.29 is 9.47 Å². The molecule has 2 fully saturated rings. The largest absolute Gasteiger partial charge is 0.381 e. The van der Waals surface area contributed by atoms with Crippen molar-refractivity contribution in [3.8, 4) is 0 Å². The van der Waals surface area contributed by atoms with Gasteiger partial charge in [-0.05, 0) is 49.6 Å². The number of aliphatic imine (C=N–C) groups is 1. The highest BCUT2D eigenvalue weighted by Gasteiger charge is 2.20. The van der Waals surface area contributed by atoms with Crippen LogP contribution in [0.5, 0.6) is 0 Å². The van der Waals surface area contributed by atoms with Crippen LogP contribution in [-0.4, -0.2) is 64.6 Å². The van der Waals surface area contributed by atoms with Gasteiger partial charge in [0.25, 0.3) is 0 Å². The summed E-state index contributed by atoms with van der Waals surface area (Å²) in [5.41, 5.74) is 0. The van der Waals surface area contributed by atoms with Gasteiger partial charge >= 0.3 is 0 Å². The zero-order chi connectivity index (χ0) is 18.0. The lowest BCUT2D eigenvalue weighted by Crippen LogP contribution is -2.48. The summed E-state index contributed by atoms with van der Waals surface area (Å²) in [5, 5.41) is 10.5. The van der Waals surface area contributed by atoms with E-state index < -0.39 is 0 Å². The van der Waals surface area contributed by atoms with Crippen molar-refractivity contribution in [1.29, 1.82) is 0 Å². The van der Waals surface area contributed by atoms with Crippen molar-refractivity contribution in [2.24, 2.45) is 4.99 Å². The van der Waals surface area contributed by atoms with Gasteiger partial charge in [-0.15, -0.1) is 11.3 Å². The predicted octanol–water partition coefficient (Wildman–Crippen LogP) is 2.47. The van der Waals surface area contributed by atoms with Gasteiger partial charge in [0.05, 0.1) is 11.1 Å². The Bertz CT molecular complexity index is 524. The third-order valence-electron chi connectivity index (χ3n) is 5.01. The third kappa shape index (κ3) is 6.14. The van der Waals surface area contributed by atoms with E-state index >= 15 is 0 Å². The molecule has 0 amide bonds. The van der Waals surface area contributed by atoms with E-state index in [0.717, 1.165) is 77.5 Å². The van der Waals surface area contributed by atoms with Gasteiger partial charge in [0.1, 0.15) is 0 Å². The second kappa shape index (κ2) is 10.7. The van der Waals surface area contributed by atoms with E-state index in [1.165, 1.54) is 5.00 Å². The Hall–Kier alpha value is -1.31. The first kappa shape index (κ1) is 19.5. The SMILES string of the molecule is CN=C(NCCCOC1CCOCC1)NC1CCN(c2cccs2)CC1. The Morgan fingerprint density at radius 1 is 1.31 bits per heavy atom. The van der Waals surface area contributed by atoms with Gasteiger partial charge in [-0.25, -0.2) is 0 Å². The number of hydrogen-bond donors (Lipinski definition) is 2. The topological polar surface area (TPSA) is 58.1 Å². The lowest BCUT2D eigenvalue weighted by molar-refractivity contribution is -0.0320. The average molecular weight is 381 g/mol.